The van der Waals surface area contributed by atoms with Crippen LogP contribution in [-0.4, -0.2) is 54.7 Å². The summed E-state index contributed by atoms with van der Waals surface area (Å²) in [5.74, 6) is 0.354. The molecule has 0 aromatic heterocycles. The lowest BCUT2D eigenvalue weighted by molar-refractivity contribution is -0.898. The summed E-state index contributed by atoms with van der Waals surface area (Å²) in [5, 5.41) is 3.03. The summed E-state index contributed by atoms with van der Waals surface area (Å²) in [6, 6.07) is 7.15. The lowest BCUT2D eigenvalue weighted by Gasteiger charge is -2.26. The van der Waals surface area contributed by atoms with Crippen molar-refractivity contribution >= 4 is 46.5 Å². The van der Waals surface area contributed by atoms with Crippen molar-refractivity contribution in [3.63, 3.8) is 0 Å². The molecule has 1 aromatic carbocycles. The fraction of sp³-hybridized carbons (Fsp3) is 0.450. The van der Waals surface area contributed by atoms with Crippen LogP contribution in [-0.2, 0) is 9.59 Å². The minimum atomic E-state index is -0.347. The molecule has 0 saturated carbocycles. The summed E-state index contributed by atoms with van der Waals surface area (Å²) in [6.45, 7) is 5.16. The largest absolute Gasteiger partial charge is 0.349 e. The normalized spacial score (nSPS) is 24.1. The number of hydrogen-bond donors (Lipinski definition) is 2. The van der Waals surface area contributed by atoms with Gasteiger partial charge >= 0.3 is 0 Å². The molecule has 2 fully saturated rings. The Bertz CT molecular complexity index is 791. The number of likely N-dealkylation sites (tertiary alicyclic amines) is 1. The second-order valence-electron chi connectivity index (χ2n) is 7.31. The molecule has 0 unspecified atom stereocenters. The molecule has 3 rings (SSSR count). The van der Waals surface area contributed by atoms with Crippen LogP contribution >= 0.6 is 23.4 Å². The fourth-order valence-corrected chi connectivity index (χ4v) is 4.42. The summed E-state index contributed by atoms with van der Waals surface area (Å²) in [4.78, 5) is 39.6. The van der Waals surface area contributed by atoms with Gasteiger partial charge in [-0.15, -0.1) is 0 Å². The van der Waals surface area contributed by atoms with E-state index in [4.69, 9.17) is 11.6 Å². The van der Waals surface area contributed by atoms with Crippen LogP contribution < -0.4 is 10.2 Å². The molecule has 2 aliphatic rings. The van der Waals surface area contributed by atoms with Gasteiger partial charge in [0.25, 0.3) is 17.1 Å². The number of nitrogens with one attached hydrogen (secondary N) is 2. The zero-order chi connectivity index (χ0) is 20.1. The number of rotatable bonds is 6. The zero-order valence-electron chi connectivity index (χ0n) is 15.9. The standard InChI is InChI=1S/C20H24ClN3O3S/c1-14-6-9-23(10-7-14)13-18(25)22-8-11-24-19(26)17(28-20(24)27)12-15-4-2-3-5-16(15)21/h2-5,12,14H,6-11,13H2,1H3,(H,22,25)/p+1/b17-12-. The molecule has 0 radical (unpaired) electrons. The Morgan fingerprint density at radius 2 is 2.04 bits per heavy atom. The number of amides is 3. The maximum absolute atomic E-state index is 12.5. The molecule has 0 spiro atoms. The van der Waals surface area contributed by atoms with Gasteiger partial charge in [-0.25, -0.2) is 0 Å². The summed E-state index contributed by atoms with van der Waals surface area (Å²) >= 11 is 7.01. The van der Waals surface area contributed by atoms with E-state index in [0.29, 0.717) is 22.0 Å². The van der Waals surface area contributed by atoms with E-state index in [2.05, 4.69) is 12.2 Å². The number of hydrogen-bond acceptors (Lipinski definition) is 4. The Balaban J connectivity index is 1.48. The third kappa shape index (κ3) is 5.37. The molecule has 3 amide bonds. The molecule has 1 aromatic rings. The second kappa shape index (κ2) is 9.58. The first-order valence-corrected chi connectivity index (χ1v) is 10.7. The van der Waals surface area contributed by atoms with E-state index in [1.165, 1.54) is 9.80 Å². The molecule has 6 nitrogen and oxygen atoms in total. The number of piperidine rings is 1. The Labute approximate surface area is 174 Å². The average molecular weight is 423 g/mol. The molecule has 2 N–H and O–H groups in total. The Morgan fingerprint density at radius 3 is 2.75 bits per heavy atom. The molecule has 150 valence electrons. The van der Waals surface area contributed by atoms with E-state index in [1.807, 2.05) is 6.07 Å². The molecular weight excluding hydrogens is 398 g/mol. The van der Waals surface area contributed by atoms with Crippen molar-refractivity contribution in [1.29, 1.82) is 0 Å². The first-order valence-electron chi connectivity index (χ1n) is 9.54. The number of carbonyl (C=O) groups is 3. The van der Waals surface area contributed by atoms with Crippen molar-refractivity contribution in [2.75, 3.05) is 32.7 Å². The Morgan fingerprint density at radius 1 is 1.32 bits per heavy atom. The fourth-order valence-electron chi connectivity index (χ4n) is 3.37. The number of halogens is 1. The minimum Gasteiger partial charge on any atom is -0.349 e. The maximum atomic E-state index is 12.5. The van der Waals surface area contributed by atoms with Crippen LogP contribution in [0.5, 0.6) is 0 Å². The van der Waals surface area contributed by atoms with E-state index in [9.17, 15) is 14.4 Å². The van der Waals surface area contributed by atoms with Crippen LogP contribution in [0.4, 0.5) is 4.79 Å². The smallest absolute Gasteiger partial charge is 0.293 e. The quantitative estimate of drug-likeness (QED) is 0.686. The van der Waals surface area contributed by atoms with Crippen LogP contribution in [0.25, 0.3) is 6.08 Å². The molecular formula is C20H25ClN3O3S+. The molecule has 8 heteroatoms. The lowest BCUT2D eigenvalue weighted by atomic mass is 9.99. The van der Waals surface area contributed by atoms with Crippen molar-refractivity contribution in [1.82, 2.24) is 10.2 Å². The van der Waals surface area contributed by atoms with Gasteiger partial charge < -0.3 is 10.2 Å². The van der Waals surface area contributed by atoms with Crippen molar-refractivity contribution < 1.29 is 19.3 Å². The summed E-state index contributed by atoms with van der Waals surface area (Å²) in [6.07, 6.45) is 3.93. The number of imide groups is 1. The summed E-state index contributed by atoms with van der Waals surface area (Å²) in [7, 11) is 0. The first kappa shape index (κ1) is 20.9. The van der Waals surface area contributed by atoms with Crippen molar-refractivity contribution in [3.8, 4) is 0 Å². The highest BCUT2D eigenvalue weighted by molar-refractivity contribution is 8.18. The predicted octanol–water partition coefficient (Wildman–Crippen LogP) is 1.81. The van der Waals surface area contributed by atoms with Gasteiger partial charge in [-0.05, 0) is 48.2 Å². The van der Waals surface area contributed by atoms with Gasteiger partial charge in [0.1, 0.15) is 0 Å². The number of benzene rings is 1. The van der Waals surface area contributed by atoms with Crippen LogP contribution in [0.1, 0.15) is 25.3 Å². The van der Waals surface area contributed by atoms with Crippen molar-refractivity contribution in [3.05, 3.63) is 39.8 Å². The molecule has 0 atom stereocenters. The van der Waals surface area contributed by atoms with Gasteiger partial charge in [-0.2, -0.15) is 0 Å². The van der Waals surface area contributed by atoms with E-state index in [-0.39, 0.29) is 30.1 Å². The van der Waals surface area contributed by atoms with E-state index >= 15 is 0 Å². The maximum Gasteiger partial charge on any atom is 0.293 e. The third-order valence-electron chi connectivity index (χ3n) is 5.11. The number of quaternary nitrogens is 1. The highest BCUT2D eigenvalue weighted by Gasteiger charge is 2.34. The molecule has 0 aliphatic carbocycles. The van der Waals surface area contributed by atoms with E-state index in [1.54, 1.807) is 24.3 Å². The SMILES string of the molecule is CC1CC[NH+](CC(=O)NCCN2C(=O)S/C(=C\c3ccccc3Cl)C2=O)CC1. The van der Waals surface area contributed by atoms with Crippen LogP contribution in [0.2, 0.25) is 5.02 Å². The van der Waals surface area contributed by atoms with Crippen LogP contribution in [0.15, 0.2) is 29.2 Å². The highest BCUT2D eigenvalue weighted by atomic mass is 35.5. The number of thioether (sulfide) groups is 1. The lowest BCUT2D eigenvalue weighted by Crippen LogP contribution is -3.14. The van der Waals surface area contributed by atoms with Crippen molar-refractivity contribution in [2.24, 2.45) is 5.92 Å². The van der Waals surface area contributed by atoms with Crippen LogP contribution in [0, 0.1) is 5.92 Å². The monoisotopic (exact) mass is 422 g/mol. The Hall–Kier alpha value is -1.83. The Kier molecular flexibility index (Phi) is 7.15. The van der Waals surface area contributed by atoms with E-state index in [0.717, 1.165) is 43.6 Å². The second-order valence-corrected chi connectivity index (χ2v) is 8.71. The van der Waals surface area contributed by atoms with Gasteiger partial charge in [0.15, 0.2) is 6.54 Å². The number of nitrogens with zero attached hydrogens (tertiary/aromatic N) is 1. The average Bonchev–Trinajstić information content (AvgIpc) is 2.93. The number of carbonyl (C=O) groups excluding carboxylic acids is 3. The molecule has 28 heavy (non-hydrogen) atoms. The first-order chi connectivity index (χ1) is 13.4. The third-order valence-corrected chi connectivity index (χ3v) is 6.37. The molecule has 2 heterocycles. The van der Waals surface area contributed by atoms with Crippen molar-refractivity contribution in [2.45, 2.75) is 19.8 Å². The van der Waals surface area contributed by atoms with Crippen LogP contribution in [0.3, 0.4) is 0 Å². The summed E-state index contributed by atoms with van der Waals surface area (Å²) < 4.78 is 0. The van der Waals surface area contributed by atoms with Gasteiger partial charge in [0.05, 0.1) is 18.0 Å². The molecule has 0 bridgehead atoms. The van der Waals surface area contributed by atoms with E-state index < -0.39 is 0 Å². The molecule has 2 aliphatic heterocycles. The van der Waals surface area contributed by atoms with Gasteiger partial charge in [-0.3, -0.25) is 19.3 Å². The minimum absolute atomic E-state index is 0.0388. The van der Waals surface area contributed by atoms with Gasteiger partial charge in [0, 0.05) is 18.1 Å². The van der Waals surface area contributed by atoms with Gasteiger partial charge in [0.2, 0.25) is 0 Å². The molecule has 2 saturated heterocycles. The zero-order valence-corrected chi connectivity index (χ0v) is 17.4. The summed E-state index contributed by atoms with van der Waals surface area (Å²) in [5.41, 5.74) is 0.696. The highest BCUT2D eigenvalue weighted by Crippen LogP contribution is 2.33. The topological polar surface area (TPSA) is 70.9 Å². The predicted molar refractivity (Wildman–Crippen MR) is 111 cm³/mol. The van der Waals surface area contributed by atoms with Gasteiger partial charge in [-0.1, -0.05) is 36.7 Å².